The number of ether oxygens (including phenoxy) is 2. The third kappa shape index (κ3) is 10.2. The molecule has 0 aromatic heterocycles. The van der Waals surface area contributed by atoms with Crippen molar-refractivity contribution in [3.05, 3.63) is 29.8 Å². The molecule has 28 heavy (non-hydrogen) atoms. The van der Waals surface area contributed by atoms with E-state index in [1.807, 2.05) is 6.26 Å². The molecule has 1 aromatic carbocycles. The monoisotopic (exact) mass is 523 g/mol. The van der Waals surface area contributed by atoms with Crippen molar-refractivity contribution >= 4 is 58.8 Å². The lowest BCUT2D eigenvalue weighted by Crippen LogP contribution is -2.43. The van der Waals surface area contributed by atoms with E-state index >= 15 is 0 Å². The maximum Gasteiger partial charge on any atom is 0.420 e. The van der Waals surface area contributed by atoms with Gasteiger partial charge in [0.2, 0.25) is 0 Å². The van der Waals surface area contributed by atoms with Gasteiger partial charge in [0.25, 0.3) is 0 Å². The van der Waals surface area contributed by atoms with E-state index in [1.54, 1.807) is 65.8 Å². The Bertz CT molecular complexity index is 684. The second kappa shape index (κ2) is 10.9. The summed E-state index contributed by atoms with van der Waals surface area (Å²) in [5.41, 5.74) is 5.59. The SMILES string of the molecule is CSC(N)=Nc1cccc(CN(C(=O)OC(C)(C)C)C(=O)OC(C)(C)C)c1.I. The van der Waals surface area contributed by atoms with E-state index < -0.39 is 23.4 Å². The number of hydrogen-bond donors (Lipinski definition) is 1. The van der Waals surface area contributed by atoms with Gasteiger partial charge in [0, 0.05) is 0 Å². The van der Waals surface area contributed by atoms with Crippen molar-refractivity contribution in [2.45, 2.75) is 59.3 Å². The normalized spacial score (nSPS) is 12.0. The fraction of sp³-hybridized carbons (Fsp3) is 0.526. The lowest BCUT2D eigenvalue weighted by atomic mass is 10.2. The molecule has 0 aliphatic heterocycles. The van der Waals surface area contributed by atoms with Crippen molar-refractivity contribution in [1.29, 1.82) is 0 Å². The third-order valence-corrected chi connectivity index (χ3v) is 3.44. The second-order valence-corrected chi connectivity index (χ2v) is 8.70. The summed E-state index contributed by atoms with van der Waals surface area (Å²) < 4.78 is 10.7. The van der Waals surface area contributed by atoms with Crippen LogP contribution < -0.4 is 5.73 Å². The maximum atomic E-state index is 12.6. The van der Waals surface area contributed by atoms with E-state index in [-0.39, 0.29) is 30.5 Å². The molecule has 0 spiro atoms. The molecule has 2 amide bonds. The van der Waals surface area contributed by atoms with Gasteiger partial charge in [-0.05, 0) is 65.5 Å². The minimum Gasteiger partial charge on any atom is -0.443 e. The number of benzene rings is 1. The van der Waals surface area contributed by atoms with E-state index in [0.29, 0.717) is 16.4 Å². The number of rotatable bonds is 3. The predicted octanol–water partition coefficient (Wildman–Crippen LogP) is 5.29. The standard InChI is InChI=1S/C19H29N3O4S.HI/c1-18(2,3)25-16(23)22(17(24)26-19(4,5)6)12-13-9-8-10-14(11-13)21-15(20)27-7;/h8-11H,12H2,1-7H3,(H2,20,21);1H. The summed E-state index contributed by atoms with van der Waals surface area (Å²) in [6.45, 7) is 10.4. The predicted molar refractivity (Wildman–Crippen MR) is 125 cm³/mol. The van der Waals surface area contributed by atoms with Gasteiger partial charge in [0.05, 0.1) is 12.2 Å². The minimum absolute atomic E-state index is 0. The fourth-order valence-corrected chi connectivity index (χ4v) is 2.11. The summed E-state index contributed by atoms with van der Waals surface area (Å²) in [7, 11) is 0. The molecule has 1 rings (SSSR count). The van der Waals surface area contributed by atoms with Gasteiger partial charge in [-0.3, -0.25) is 0 Å². The average molecular weight is 523 g/mol. The van der Waals surface area contributed by atoms with Gasteiger partial charge in [0.1, 0.15) is 11.2 Å². The molecule has 2 N–H and O–H groups in total. The van der Waals surface area contributed by atoms with Crippen LogP contribution in [-0.4, -0.2) is 39.7 Å². The number of nitrogens with two attached hydrogens (primary N) is 1. The zero-order valence-corrected chi connectivity index (χ0v) is 20.6. The number of carbonyl (C=O) groups excluding carboxylic acids is 2. The smallest absolute Gasteiger partial charge is 0.420 e. The molecule has 0 unspecified atom stereocenters. The van der Waals surface area contributed by atoms with E-state index in [1.165, 1.54) is 11.8 Å². The van der Waals surface area contributed by atoms with Crippen molar-refractivity contribution < 1.29 is 19.1 Å². The number of hydrogen-bond acceptors (Lipinski definition) is 6. The highest BCUT2D eigenvalue weighted by atomic mass is 127. The largest absolute Gasteiger partial charge is 0.443 e. The Morgan fingerprint density at radius 3 is 2.00 bits per heavy atom. The zero-order valence-electron chi connectivity index (χ0n) is 17.4. The van der Waals surface area contributed by atoms with Gasteiger partial charge in [-0.15, -0.1) is 24.0 Å². The molecule has 158 valence electrons. The fourth-order valence-electron chi connectivity index (χ4n) is 1.92. The first-order chi connectivity index (χ1) is 12.3. The molecule has 1 aromatic rings. The first-order valence-electron chi connectivity index (χ1n) is 8.51. The Balaban J connectivity index is 0.00000729. The van der Waals surface area contributed by atoms with Crippen LogP contribution in [0.15, 0.2) is 29.3 Å². The first kappa shape index (κ1) is 26.5. The molecule has 7 nitrogen and oxygen atoms in total. The van der Waals surface area contributed by atoms with E-state index in [0.717, 1.165) is 4.90 Å². The zero-order chi connectivity index (χ0) is 20.8. The number of amides is 2. The molecule has 0 fully saturated rings. The van der Waals surface area contributed by atoms with Crippen LogP contribution in [0.3, 0.4) is 0 Å². The van der Waals surface area contributed by atoms with Crippen LogP contribution >= 0.6 is 35.7 Å². The van der Waals surface area contributed by atoms with Gasteiger partial charge in [0.15, 0.2) is 5.17 Å². The maximum absolute atomic E-state index is 12.6. The first-order valence-corrected chi connectivity index (χ1v) is 9.74. The molecule has 0 aliphatic rings. The van der Waals surface area contributed by atoms with Gasteiger partial charge in [-0.2, -0.15) is 0 Å². The van der Waals surface area contributed by atoms with Gasteiger partial charge >= 0.3 is 12.2 Å². The van der Waals surface area contributed by atoms with Crippen molar-refractivity contribution in [2.24, 2.45) is 10.7 Å². The molecule has 0 atom stereocenters. The number of halogens is 1. The van der Waals surface area contributed by atoms with E-state index in [9.17, 15) is 9.59 Å². The van der Waals surface area contributed by atoms with E-state index in [2.05, 4.69) is 4.99 Å². The Hall–Kier alpha value is -1.49. The number of amidine groups is 1. The molecule has 0 saturated carbocycles. The van der Waals surface area contributed by atoms with Crippen molar-refractivity contribution in [3.8, 4) is 0 Å². The minimum atomic E-state index is -0.769. The van der Waals surface area contributed by atoms with Crippen molar-refractivity contribution in [3.63, 3.8) is 0 Å². The van der Waals surface area contributed by atoms with Crippen molar-refractivity contribution in [1.82, 2.24) is 4.90 Å². The highest BCUT2D eigenvalue weighted by Gasteiger charge is 2.31. The molecular formula is C19H30IN3O4S. The highest BCUT2D eigenvalue weighted by Crippen LogP contribution is 2.20. The Morgan fingerprint density at radius 1 is 1.07 bits per heavy atom. The molecular weight excluding hydrogens is 493 g/mol. The average Bonchev–Trinajstić information content (AvgIpc) is 2.49. The second-order valence-electron chi connectivity index (χ2n) is 7.87. The summed E-state index contributed by atoms with van der Waals surface area (Å²) in [6, 6.07) is 7.11. The lowest BCUT2D eigenvalue weighted by molar-refractivity contribution is -0.000247. The number of nitrogens with zero attached hydrogens (tertiary/aromatic N) is 2. The third-order valence-electron chi connectivity index (χ3n) is 2.93. The Labute approximate surface area is 188 Å². The summed E-state index contributed by atoms with van der Waals surface area (Å²) >= 11 is 1.33. The van der Waals surface area contributed by atoms with Gasteiger partial charge in [-0.25, -0.2) is 19.5 Å². The summed E-state index contributed by atoms with van der Waals surface area (Å²) in [4.78, 5) is 30.3. The Morgan fingerprint density at radius 2 is 1.57 bits per heavy atom. The topological polar surface area (TPSA) is 94.2 Å². The van der Waals surface area contributed by atoms with Crippen LogP contribution in [0, 0.1) is 0 Å². The number of carbonyl (C=O) groups is 2. The summed E-state index contributed by atoms with van der Waals surface area (Å²) in [6.07, 6.45) is 0.290. The molecule has 0 saturated heterocycles. The lowest BCUT2D eigenvalue weighted by Gasteiger charge is -2.28. The molecule has 0 heterocycles. The van der Waals surface area contributed by atoms with E-state index in [4.69, 9.17) is 15.2 Å². The molecule has 0 aliphatic carbocycles. The molecule has 9 heteroatoms. The molecule has 0 radical (unpaired) electrons. The molecule has 0 bridgehead atoms. The summed E-state index contributed by atoms with van der Waals surface area (Å²) in [5.74, 6) is 0. The Kier molecular flexibility index (Phi) is 10.3. The quantitative estimate of drug-likeness (QED) is 0.329. The van der Waals surface area contributed by atoms with Crippen LogP contribution in [0.2, 0.25) is 0 Å². The summed E-state index contributed by atoms with van der Waals surface area (Å²) in [5, 5.41) is 0.420. The van der Waals surface area contributed by atoms with Crippen LogP contribution in [0.5, 0.6) is 0 Å². The van der Waals surface area contributed by atoms with Crippen molar-refractivity contribution in [2.75, 3.05) is 6.26 Å². The van der Waals surface area contributed by atoms with Gasteiger partial charge in [-0.1, -0.05) is 23.9 Å². The number of imide groups is 1. The van der Waals surface area contributed by atoms with Crippen LogP contribution in [-0.2, 0) is 16.0 Å². The van der Waals surface area contributed by atoms with Gasteiger partial charge < -0.3 is 15.2 Å². The number of thioether (sulfide) groups is 1. The van der Waals surface area contributed by atoms with Crippen LogP contribution in [0.1, 0.15) is 47.1 Å². The number of aliphatic imine (C=N–C) groups is 1. The highest BCUT2D eigenvalue weighted by molar-refractivity contribution is 14.0. The van der Waals surface area contributed by atoms with Crippen LogP contribution in [0.4, 0.5) is 15.3 Å². The van der Waals surface area contributed by atoms with Crippen LogP contribution in [0.25, 0.3) is 0 Å².